The maximum Gasteiger partial charge on any atom is 0.224 e. The number of rotatable bonds is 5. The summed E-state index contributed by atoms with van der Waals surface area (Å²) in [5.74, 6) is 2.18. The van der Waals surface area contributed by atoms with Crippen LogP contribution >= 0.6 is 11.6 Å². The molecule has 0 aliphatic rings. The molecule has 0 saturated heterocycles. The molecule has 0 radical (unpaired) electrons. The highest BCUT2D eigenvalue weighted by Gasteiger charge is 2.09. The molecule has 0 bridgehead atoms. The van der Waals surface area contributed by atoms with Crippen LogP contribution in [0.4, 0.5) is 5.69 Å². The first-order valence-electron chi connectivity index (χ1n) is 6.74. The lowest BCUT2D eigenvalue weighted by Crippen LogP contribution is -2.13. The van der Waals surface area contributed by atoms with Crippen LogP contribution in [0.3, 0.4) is 0 Å². The average molecular weight is 312 g/mol. The van der Waals surface area contributed by atoms with Crippen LogP contribution in [-0.4, -0.2) is 11.7 Å². The lowest BCUT2D eigenvalue weighted by Gasteiger charge is -2.05. The van der Waals surface area contributed by atoms with Crippen LogP contribution in [0.15, 0.2) is 48.5 Å². The lowest BCUT2D eigenvalue weighted by atomic mass is 10.1. The molecule has 1 N–H and O–H groups in total. The molecule has 2 aromatic carbocycles. The molecule has 2 rings (SSSR count). The molecule has 0 heterocycles. The van der Waals surface area contributed by atoms with Crippen molar-refractivity contribution in [1.82, 2.24) is 0 Å². The quantitative estimate of drug-likeness (QED) is 0.672. The Hall–Kier alpha value is -2.57. The minimum atomic E-state index is -0.225. The number of anilines is 1. The van der Waals surface area contributed by atoms with E-state index in [1.165, 1.54) is 0 Å². The number of Topliss-reactive ketones (excluding diaryl/α,β-unsaturated/α-hetero) is 1. The third-order valence-electron chi connectivity index (χ3n) is 3.06. The maximum absolute atomic E-state index is 12.0. The second-order valence-corrected chi connectivity index (χ2v) is 5.14. The number of amides is 1. The maximum atomic E-state index is 12.0. The van der Waals surface area contributed by atoms with E-state index < -0.39 is 0 Å². The number of ketones is 1. The predicted molar refractivity (Wildman–Crippen MR) is 88.0 cm³/mol. The van der Waals surface area contributed by atoms with Gasteiger partial charge in [0.05, 0.1) is 0 Å². The van der Waals surface area contributed by atoms with Gasteiger partial charge in [0.2, 0.25) is 5.91 Å². The molecule has 0 aliphatic heterocycles. The highest BCUT2D eigenvalue weighted by molar-refractivity contribution is 6.30. The Bertz CT molecular complexity index is 729. The van der Waals surface area contributed by atoms with Gasteiger partial charge in [-0.3, -0.25) is 9.59 Å². The van der Waals surface area contributed by atoms with Crippen LogP contribution in [0.2, 0.25) is 5.02 Å². The molecule has 0 unspecified atom stereocenters. The smallest absolute Gasteiger partial charge is 0.224 e. The third kappa shape index (κ3) is 4.47. The fourth-order valence-electron chi connectivity index (χ4n) is 1.92. The van der Waals surface area contributed by atoms with Gasteiger partial charge in [0, 0.05) is 34.7 Å². The fourth-order valence-corrected chi connectivity index (χ4v) is 2.04. The van der Waals surface area contributed by atoms with Crippen molar-refractivity contribution in [2.24, 2.45) is 0 Å². The van der Waals surface area contributed by atoms with Crippen molar-refractivity contribution < 1.29 is 9.59 Å². The average Bonchev–Trinajstić information content (AvgIpc) is 2.53. The summed E-state index contributed by atoms with van der Waals surface area (Å²) >= 11 is 5.77. The van der Waals surface area contributed by atoms with E-state index in [2.05, 4.69) is 11.2 Å². The van der Waals surface area contributed by atoms with Crippen molar-refractivity contribution in [3.05, 3.63) is 64.7 Å². The van der Waals surface area contributed by atoms with Crippen LogP contribution in [-0.2, 0) is 4.79 Å². The Morgan fingerprint density at radius 1 is 1.09 bits per heavy atom. The van der Waals surface area contributed by atoms with Crippen molar-refractivity contribution in [3.8, 4) is 12.3 Å². The zero-order valence-electron chi connectivity index (χ0n) is 11.8. The van der Waals surface area contributed by atoms with Crippen LogP contribution in [0.1, 0.15) is 28.8 Å². The number of carbonyl (C=O) groups excluding carboxylic acids is 2. The molecular formula is C18H14ClNO2. The molecule has 0 atom stereocenters. The van der Waals surface area contributed by atoms with Gasteiger partial charge < -0.3 is 5.32 Å². The first-order chi connectivity index (χ1) is 10.6. The molecule has 0 fully saturated rings. The van der Waals surface area contributed by atoms with Gasteiger partial charge in [0.15, 0.2) is 5.78 Å². The van der Waals surface area contributed by atoms with Crippen molar-refractivity contribution in [3.63, 3.8) is 0 Å². The van der Waals surface area contributed by atoms with Crippen molar-refractivity contribution in [1.29, 1.82) is 0 Å². The summed E-state index contributed by atoms with van der Waals surface area (Å²) in [5.41, 5.74) is 1.86. The van der Waals surface area contributed by atoms with Gasteiger partial charge >= 0.3 is 0 Å². The summed E-state index contributed by atoms with van der Waals surface area (Å²) in [6.07, 6.45) is 5.56. The van der Waals surface area contributed by atoms with Gasteiger partial charge in [0.1, 0.15) is 0 Å². The molecule has 22 heavy (non-hydrogen) atoms. The minimum absolute atomic E-state index is 0.0933. The summed E-state index contributed by atoms with van der Waals surface area (Å²) < 4.78 is 0. The Balaban J connectivity index is 1.88. The van der Waals surface area contributed by atoms with Gasteiger partial charge in [-0.15, -0.1) is 6.42 Å². The Kier molecular flexibility index (Phi) is 5.35. The summed E-state index contributed by atoms with van der Waals surface area (Å²) in [6.45, 7) is 0. The molecule has 0 aromatic heterocycles. The van der Waals surface area contributed by atoms with E-state index >= 15 is 0 Å². The number of nitrogens with one attached hydrogen (secondary N) is 1. The second-order valence-electron chi connectivity index (χ2n) is 4.70. The summed E-state index contributed by atoms with van der Waals surface area (Å²) in [7, 11) is 0. The topological polar surface area (TPSA) is 46.2 Å². The normalized spacial score (nSPS) is 9.82. The molecule has 0 spiro atoms. The highest BCUT2D eigenvalue weighted by Crippen LogP contribution is 2.13. The zero-order chi connectivity index (χ0) is 15.9. The minimum Gasteiger partial charge on any atom is -0.326 e. The molecule has 2 aromatic rings. The van der Waals surface area contributed by atoms with E-state index in [-0.39, 0.29) is 24.5 Å². The van der Waals surface area contributed by atoms with Crippen LogP contribution in [0.5, 0.6) is 0 Å². The van der Waals surface area contributed by atoms with Crippen LogP contribution < -0.4 is 5.32 Å². The van der Waals surface area contributed by atoms with Gasteiger partial charge in [-0.25, -0.2) is 0 Å². The van der Waals surface area contributed by atoms with Crippen molar-refractivity contribution in [2.75, 3.05) is 5.32 Å². The SMILES string of the molecule is C#Cc1cccc(NC(=O)CCC(=O)c2ccc(Cl)cc2)c1. The number of terminal acetylenes is 1. The van der Waals surface area contributed by atoms with Gasteiger partial charge in [-0.05, 0) is 42.5 Å². The van der Waals surface area contributed by atoms with E-state index in [0.29, 0.717) is 21.8 Å². The molecular weight excluding hydrogens is 298 g/mol. The van der Waals surface area contributed by atoms with E-state index in [1.54, 1.807) is 48.5 Å². The monoisotopic (exact) mass is 311 g/mol. The molecule has 0 saturated carbocycles. The Morgan fingerprint density at radius 3 is 2.50 bits per heavy atom. The number of hydrogen-bond donors (Lipinski definition) is 1. The predicted octanol–water partition coefficient (Wildman–Crippen LogP) is 3.92. The van der Waals surface area contributed by atoms with Gasteiger partial charge in [-0.2, -0.15) is 0 Å². The van der Waals surface area contributed by atoms with Gasteiger partial charge in [-0.1, -0.05) is 23.6 Å². The standard InChI is InChI=1S/C18H14ClNO2/c1-2-13-4-3-5-16(12-13)20-18(22)11-10-17(21)14-6-8-15(19)9-7-14/h1,3-9,12H,10-11H2,(H,20,22). The molecule has 110 valence electrons. The summed E-state index contributed by atoms with van der Waals surface area (Å²) in [5, 5.41) is 3.30. The zero-order valence-corrected chi connectivity index (χ0v) is 12.6. The van der Waals surface area contributed by atoms with E-state index in [1.807, 2.05) is 0 Å². The van der Waals surface area contributed by atoms with E-state index in [9.17, 15) is 9.59 Å². The first-order valence-corrected chi connectivity index (χ1v) is 7.11. The molecule has 1 amide bonds. The first kappa shape index (κ1) is 15.8. The van der Waals surface area contributed by atoms with Gasteiger partial charge in [0.25, 0.3) is 0 Å². The number of carbonyl (C=O) groups is 2. The number of halogens is 1. The van der Waals surface area contributed by atoms with E-state index in [0.717, 1.165) is 0 Å². The number of hydrogen-bond acceptors (Lipinski definition) is 2. The largest absolute Gasteiger partial charge is 0.326 e. The Labute approximate surface area is 134 Å². The fraction of sp³-hybridized carbons (Fsp3) is 0.111. The Morgan fingerprint density at radius 2 is 1.82 bits per heavy atom. The van der Waals surface area contributed by atoms with Crippen LogP contribution in [0.25, 0.3) is 0 Å². The van der Waals surface area contributed by atoms with E-state index in [4.69, 9.17) is 18.0 Å². The van der Waals surface area contributed by atoms with Crippen LogP contribution in [0, 0.1) is 12.3 Å². The lowest BCUT2D eigenvalue weighted by molar-refractivity contribution is -0.116. The molecule has 4 heteroatoms. The second kappa shape index (κ2) is 7.44. The van der Waals surface area contributed by atoms with Crippen molar-refractivity contribution in [2.45, 2.75) is 12.8 Å². The summed E-state index contributed by atoms with van der Waals surface area (Å²) in [4.78, 5) is 23.8. The number of benzene rings is 2. The highest BCUT2D eigenvalue weighted by atomic mass is 35.5. The molecule has 0 aliphatic carbocycles. The van der Waals surface area contributed by atoms with Crippen molar-refractivity contribution >= 4 is 29.0 Å². The molecule has 3 nitrogen and oxygen atoms in total. The summed E-state index contributed by atoms with van der Waals surface area (Å²) in [6, 6.07) is 13.6. The third-order valence-corrected chi connectivity index (χ3v) is 3.31.